The van der Waals surface area contributed by atoms with E-state index in [4.69, 9.17) is 4.74 Å². The van der Waals surface area contributed by atoms with Crippen LogP contribution in [0.4, 0.5) is 10.5 Å². The molecule has 1 aromatic carbocycles. The normalized spacial score (nSPS) is 37.7. The number of ether oxygens (including phenoxy) is 1. The average molecular weight is 271 g/mol. The molecular formula is C17H21NO2. The van der Waals surface area contributed by atoms with E-state index >= 15 is 0 Å². The number of hydrogen-bond donors (Lipinski definition) is 1. The molecule has 0 unspecified atom stereocenters. The molecule has 3 aliphatic carbocycles. The van der Waals surface area contributed by atoms with Gasteiger partial charge in [0.15, 0.2) is 0 Å². The molecule has 0 heterocycles. The first kappa shape index (κ1) is 12.2. The molecule has 20 heavy (non-hydrogen) atoms. The molecule has 0 radical (unpaired) electrons. The van der Waals surface area contributed by atoms with Crippen molar-refractivity contribution in [3.05, 3.63) is 30.3 Å². The number of benzene rings is 1. The van der Waals surface area contributed by atoms with Crippen LogP contribution in [0, 0.1) is 23.7 Å². The minimum atomic E-state index is -0.289. The van der Waals surface area contributed by atoms with Crippen LogP contribution < -0.4 is 5.32 Å². The average Bonchev–Trinajstić information content (AvgIpc) is 3.11. The van der Waals surface area contributed by atoms with Crippen molar-refractivity contribution >= 4 is 11.8 Å². The highest BCUT2D eigenvalue weighted by Crippen LogP contribution is 2.59. The molecule has 3 nitrogen and oxygen atoms in total. The SMILES string of the molecule is O=C(Nc1ccccc1)O[C@@H]1C[C@H]2C[C@H]1[C@H]1CCC[C@H]21. The number of fused-ring (bicyclic) bond motifs is 5. The Hall–Kier alpha value is -1.51. The Labute approximate surface area is 119 Å². The molecule has 3 fully saturated rings. The quantitative estimate of drug-likeness (QED) is 0.881. The number of anilines is 1. The van der Waals surface area contributed by atoms with Gasteiger partial charge in [-0.25, -0.2) is 4.79 Å². The van der Waals surface area contributed by atoms with Crippen molar-refractivity contribution in [3.8, 4) is 0 Å². The Kier molecular flexibility index (Phi) is 2.94. The van der Waals surface area contributed by atoms with Gasteiger partial charge in [0.25, 0.3) is 0 Å². The van der Waals surface area contributed by atoms with E-state index in [1.54, 1.807) is 0 Å². The lowest BCUT2D eigenvalue weighted by molar-refractivity contribution is 0.0431. The second kappa shape index (κ2) is 4.80. The number of para-hydroxylation sites is 1. The van der Waals surface area contributed by atoms with Crippen LogP contribution in [0.1, 0.15) is 32.1 Å². The lowest BCUT2D eigenvalue weighted by Gasteiger charge is -2.31. The predicted molar refractivity (Wildman–Crippen MR) is 77.4 cm³/mol. The van der Waals surface area contributed by atoms with Gasteiger partial charge in [-0.2, -0.15) is 0 Å². The van der Waals surface area contributed by atoms with E-state index in [9.17, 15) is 4.79 Å². The van der Waals surface area contributed by atoms with Gasteiger partial charge in [0.1, 0.15) is 6.10 Å². The molecule has 1 amide bonds. The van der Waals surface area contributed by atoms with Gasteiger partial charge in [0.2, 0.25) is 0 Å². The first-order valence-electron chi connectivity index (χ1n) is 7.84. The van der Waals surface area contributed by atoms with Crippen LogP contribution in [0.25, 0.3) is 0 Å². The third-order valence-corrected chi connectivity index (χ3v) is 5.65. The Morgan fingerprint density at radius 1 is 1.05 bits per heavy atom. The zero-order valence-electron chi connectivity index (χ0n) is 11.6. The summed E-state index contributed by atoms with van der Waals surface area (Å²) in [5.74, 6) is 3.23. The number of carbonyl (C=O) groups is 1. The third-order valence-electron chi connectivity index (χ3n) is 5.65. The van der Waals surface area contributed by atoms with Crippen LogP contribution in [-0.4, -0.2) is 12.2 Å². The number of carbonyl (C=O) groups excluding carboxylic acids is 1. The first-order chi connectivity index (χ1) is 9.81. The van der Waals surface area contributed by atoms with E-state index < -0.39 is 0 Å². The number of nitrogens with one attached hydrogen (secondary N) is 1. The van der Waals surface area contributed by atoms with Crippen molar-refractivity contribution in [1.82, 2.24) is 0 Å². The van der Waals surface area contributed by atoms with Crippen LogP contribution in [0.3, 0.4) is 0 Å². The summed E-state index contributed by atoms with van der Waals surface area (Å²) in [6, 6.07) is 9.53. The zero-order chi connectivity index (χ0) is 13.5. The molecular weight excluding hydrogens is 250 g/mol. The van der Waals surface area contributed by atoms with Gasteiger partial charge in [0.05, 0.1) is 0 Å². The molecule has 1 N–H and O–H groups in total. The minimum Gasteiger partial charge on any atom is -0.446 e. The van der Waals surface area contributed by atoms with E-state index in [-0.39, 0.29) is 12.2 Å². The Morgan fingerprint density at radius 3 is 2.70 bits per heavy atom. The van der Waals surface area contributed by atoms with Crippen LogP contribution >= 0.6 is 0 Å². The maximum absolute atomic E-state index is 12.0. The molecule has 3 aliphatic rings. The summed E-state index contributed by atoms with van der Waals surface area (Å²) in [4.78, 5) is 12.0. The molecule has 2 bridgehead atoms. The summed E-state index contributed by atoms with van der Waals surface area (Å²) < 4.78 is 5.71. The zero-order valence-corrected chi connectivity index (χ0v) is 11.6. The molecule has 0 aliphatic heterocycles. The number of amides is 1. The van der Waals surface area contributed by atoms with Gasteiger partial charge < -0.3 is 4.74 Å². The van der Waals surface area contributed by atoms with E-state index in [0.717, 1.165) is 29.9 Å². The van der Waals surface area contributed by atoms with E-state index in [1.807, 2.05) is 30.3 Å². The van der Waals surface area contributed by atoms with Crippen LogP contribution in [0.15, 0.2) is 30.3 Å². The molecule has 0 spiro atoms. The van der Waals surface area contributed by atoms with Gasteiger partial charge in [-0.3, -0.25) is 5.32 Å². The summed E-state index contributed by atoms with van der Waals surface area (Å²) in [6.07, 6.45) is 6.39. The molecule has 106 valence electrons. The largest absolute Gasteiger partial charge is 0.446 e. The van der Waals surface area contributed by atoms with Crippen LogP contribution in [0.2, 0.25) is 0 Å². The first-order valence-corrected chi connectivity index (χ1v) is 7.84. The maximum Gasteiger partial charge on any atom is 0.411 e. The van der Waals surface area contributed by atoms with Gasteiger partial charge in [-0.1, -0.05) is 24.6 Å². The summed E-state index contributed by atoms with van der Waals surface area (Å²) in [5.41, 5.74) is 0.805. The standard InChI is InChI=1S/C17H21NO2/c19-17(18-12-5-2-1-3-6-12)20-16-10-11-9-15(16)14-8-4-7-13(11)14/h1-3,5-6,11,13-16H,4,7-10H2,(H,18,19)/t11-,13-,14+,15+,16-/m1/s1. The third kappa shape index (κ3) is 2.00. The van der Waals surface area contributed by atoms with Crippen molar-refractivity contribution in [2.75, 3.05) is 5.32 Å². The monoisotopic (exact) mass is 271 g/mol. The van der Waals surface area contributed by atoms with Gasteiger partial charge in [-0.15, -0.1) is 0 Å². The smallest absolute Gasteiger partial charge is 0.411 e. The van der Waals surface area contributed by atoms with Crippen molar-refractivity contribution < 1.29 is 9.53 Å². The highest BCUT2D eigenvalue weighted by atomic mass is 16.6. The second-order valence-corrected chi connectivity index (χ2v) is 6.59. The molecule has 5 atom stereocenters. The Morgan fingerprint density at radius 2 is 1.85 bits per heavy atom. The fraction of sp³-hybridized carbons (Fsp3) is 0.588. The highest BCUT2D eigenvalue weighted by molar-refractivity contribution is 5.84. The topological polar surface area (TPSA) is 38.3 Å². The molecule has 4 rings (SSSR count). The molecule has 3 heteroatoms. The summed E-state index contributed by atoms with van der Waals surface area (Å²) in [5, 5.41) is 2.83. The number of rotatable bonds is 2. The Bertz CT molecular complexity index is 501. The fourth-order valence-corrected chi connectivity index (χ4v) is 4.95. The summed E-state index contributed by atoms with van der Waals surface area (Å²) in [7, 11) is 0. The lowest BCUT2D eigenvalue weighted by atomic mass is 9.80. The predicted octanol–water partition coefficient (Wildman–Crippen LogP) is 4.06. The summed E-state index contributed by atoms with van der Waals surface area (Å²) >= 11 is 0. The molecule has 3 saturated carbocycles. The molecule has 0 saturated heterocycles. The van der Waals surface area contributed by atoms with Crippen LogP contribution in [-0.2, 0) is 4.74 Å². The summed E-state index contributed by atoms with van der Waals surface area (Å²) in [6.45, 7) is 0. The maximum atomic E-state index is 12.0. The van der Waals surface area contributed by atoms with E-state index in [1.165, 1.54) is 25.7 Å². The fourth-order valence-electron chi connectivity index (χ4n) is 4.95. The van der Waals surface area contributed by atoms with Gasteiger partial charge >= 0.3 is 6.09 Å². The van der Waals surface area contributed by atoms with Crippen molar-refractivity contribution in [2.24, 2.45) is 23.7 Å². The van der Waals surface area contributed by atoms with Gasteiger partial charge in [-0.05, 0) is 61.5 Å². The van der Waals surface area contributed by atoms with E-state index in [0.29, 0.717) is 5.92 Å². The van der Waals surface area contributed by atoms with Crippen LogP contribution in [0.5, 0.6) is 0 Å². The number of hydrogen-bond acceptors (Lipinski definition) is 2. The van der Waals surface area contributed by atoms with Crippen molar-refractivity contribution in [1.29, 1.82) is 0 Å². The highest BCUT2D eigenvalue weighted by Gasteiger charge is 2.55. The Balaban J connectivity index is 1.37. The second-order valence-electron chi connectivity index (χ2n) is 6.59. The minimum absolute atomic E-state index is 0.156. The lowest BCUT2D eigenvalue weighted by Crippen LogP contribution is -2.33. The van der Waals surface area contributed by atoms with Crippen molar-refractivity contribution in [2.45, 2.75) is 38.2 Å². The van der Waals surface area contributed by atoms with Gasteiger partial charge in [0, 0.05) is 5.69 Å². The van der Waals surface area contributed by atoms with E-state index in [2.05, 4.69) is 5.32 Å². The molecule has 1 aromatic rings. The van der Waals surface area contributed by atoms with Crippen molar-refractivity contribution in [3.63, 3.8) is 0 Å². The molecule has 0 aromatic heterocycles.